The highest BCUT2D eigenvalue weighted by Gasteiger charge is 2.26. The maximum Gasteiger partial charge on any atom is 0.211 e. The van der Waals surface area contributed by atoms with E-state index in [1.165, 1.54) is 0 Å². The summed E-state index contributed by atoms with van der Waals surface area (Å²) < 4.78 is 25.4. The Morgan fingerprint density at radius 1 is 1.36 bits per heavy atom. The number of nitrogens with one attached hydrogen (secondary N) is 1. The van der Waals surface area contributed by atoms with Crippen LogP contribution in [0.4, 0.5) is 0 Å². The highest BCUT2D eigenvalue weighted by atomic mass is 32.2. The second-order valence-corrected chi connectivity index (χ2v) is 5.77. The number of hydrogen-bond acceptors (Lipinski definition) is 3. The summed E-state index contributed by atoms with van der Waals surface area (Å²) in [7, 11) is -3.17. The molecule has 1 saturated carbocycles. The van der Waals surface area contributed by atoms with Gasteiger partial charge in [0.2, 0.25) is 10.0 Å². The van der Waals surface area contributed by atoms with Gasteiger partial charge < -0.3 is 5.11 Å². The lowest BCUT2D eigenvalue weighted by Crippen LogP contribution is -2.45. The first-order valence-corrected chi connectivity index (χ1v) is 6.88. The minimum Gasteiger partial charge on any atom is -0.391 e. The van der Waals surface area contributed by atoms with Crippen LogP contribution in [0.25, 0.3) is 0 Å². The number of aliphatic hydroxyl groups excluding tert-OH is 1. The molecule has 1 aliphatic rings. The molecule has 2 N–H and O–H groups in total. The molecule has 0 aromatic heterocycles. The summed E-state index contributed by atoms with van der Waals surface area (Å²) in [6.07, 6.45) is 3.56. The highest BCUT2D eigenvalue weighted by molar-refractivity contribution is 7.89. The second-order valence-electron chi connectivity index (χ2n) is 3.90. The van der Waals surface area contributed by atoms with Crippen molar-refractivity contribution in [3.05, 3.63) is 0 Å². The number of aliphatic hydroxyl groups is 1. The number of hydrogen-bond donors (Lipinski definition) is 2. The van der Waals surface area contributed by atoms with Gasteiger partial charge in [0, 0.05) is 6.04 Å². The SMILES string of the molecule is CCCS(=O)(=O)NC1CCCCC1O. The average Bonchev–Trinajstić information content (AvgIpc) is 2.08. The molecule has 0 heterocycles. The molecule has 0 spiro atoms. The van der Waals surface area contributed by atoms with Gasteiger partial charge in [0.1, 0.15) is 0 Å². The summed E-state index contributed by atoms with van der Waals surface area (Å²) in [5, 5.41) is 9.57. The van der Waals surface area contributed by atoms with E-state index in [-0.39, 0.29) is 11.8 Å². The van der Waals surface area contributed by atoms with Crippen molar-refractivity contribution in [2.45, 2.75) is 51.2 Å². The third-order valence-electron chi connectivity index (χ3n) is 2.53. The minimum absolute atomic E-state index is 0.149. The molecule has 84 valence electrons. The lowest BCUT2D eigenvalue weighted by Gasteiger charge is -2.27. The van der Waals surface area contributed by atoms with E-state index in [2.05, 4.69) is 4.72 Å². The zero-order valence-electron chi connectivity index (χ0n) is 8.57. The van der Waals surface area contributed by atoms with E-state index in [1.54, 1.807) is 0 Å². The van der Waals surface area contributed by atoms with Gasteiger partial charge in [-0.1, -0.05) is 19.8 Å². The van der Waals surface area contributed by atoms with Crippen molar-refractivity contribution >= 4 is 10.0 Å². The van der Waals surface area contributed by atoms with Crippen LogP contribution in [0.5, 0.6) is 0 Å². The maximum atomic E-state index is 11.4. The van der Waals surface area contributed by atoms with Crippen LogP contribution in [0.1, 0.15) is 39.0 Å². The molecule has 1 fully saturated rings. The Hall–Kier alpha value is -0.130. The molecule has 0 aromatic carbocycles. The second kappa shape index (κ2) is 5.09. The molecular weight excluding hydrogens is 202 g/mol. The van der Waals surface area contributed by atoms with Crippen molar-refractivity contribution in [3.8, 4) is 0 Å². The fourth-order valence-electron chi connectivity index (χ4n) is 1.81. The molecule has 0 aromatic rings. The first-order chi connectivity index (χ1) is 6.55. The monoisotopic (exact) mass is 221 g/mol. The molecule has 0 saturated heterocycles. The van der Waals surface area contributed by atoms with E-state index in [9.17, 15) is 13.5 Å². The van der Waals surface area contributed by atoms with Gasteiger partial charge in [-0.05, 0) is 19.3 Å². The highest BCUT2D eigenvalue weighted by Crippen LogP contribution is 2.18. The van der Waals surface area contributed by atoms with Crippen LogP contribution in [-0.2, 0) is 10.0 Å². The van der Waals surface area contributed by atoms with Crippen molar-refractivity contribution in [1.29, 1.82) is 0 Å². The van der Waals surface area contributed by atoms with Crippen LogP contribution in [-0.4, -0.2) is 31.4 Å². The van der Waals surface area contributed by atoms with E-state index in [1.807, 2.05) is 6.92 Å². The molecule has 5 heteroatoms. The van der Waals surface area contributed by atoms with Crippen molar-refractivity contribution in [3.63, 3.8) is 0 Å². The topological polar surface area (TPSA) is 66.4 Å². The molecule has 0 amide bonds. The molecule has 4 nitrogen and oxygen atoms in total. The molecule has 1 rings (SSSR count). The van der Waals surface area contributed by atoms with Crippen molar-refractivity contribution in [2.75, 3.05) is 5.75 Å². The Morgan fingerprint density at radius 2 is 2.00 bits per heavy atom. The van der Waals surface area contributed by atoms with Gasteiger partial charge in [-0.3, -0.25) is 0 Å². The van der Waals surface area contributed by atoms with Crippen LogP contribution in [0.2, 0.25) is 0 Å². The van der Waals surface area contributed by atoms with E-state index >= 15 is 0 Å². The van der Waals surface area contributed by atoms with E-state index in [0.717, 1.165) is 19.3 Å². The standard InChI is InChI=1S/C9H19NO3S/c1-2-7-14(12,13)10-8-5-3-4-6-9(8)11/h8-11H,2-7H2,1H3. The predicted molar refractivity (Wildman–Crippen MR) is 55.5 cm³/mol. The molecule has 14 heavy (non-hydrogen) atoms. The minimum atomic E-state index is -3.17. The van der Waals surface area contributed by atoms with Gasteiger partial charge in [0.05, 0.1) is 11.9 Å². The van der Waals surface area contributed by atoms with Crippen molar-refractivity contribution in [2.24, 2.45) is 0 Å². The lowest BCUT2D eigenvalue weighted by molar-refractivity contribution is 0.101. The first-order valence-electron chi connectivity index (χ1n) is 5.23. The fraction of sp³-hybridized carbons (Fsp3) is 1.00. The van der Waals surface area contributed by atoms with E-state index in [0.29, 0.717) is 12.8 Å². The summed E-state index contributed by atoms with van der Waals surface area (Å²) in [5.41, 5.74) is 0. The van der Waals surface area contributed by atoms with Crippen molar-refractivity contribution in [1.82, 2.24) is 4.72 Å². The molecule has 1 aliphatic carbocycles. The van der Waals surface area contributed by atoms with Crippen LogP contribution < -0.4 is 4.72 Å². The van der Waals surface area contributed by atoms with Gasteiger partial charge in [-0.25, -0.2) is 13.1 Å². The molecule has 2 atom stereocenters. The third-order valence-corrected chi connectivity index (χ3v) is 4.14. The first kappa shape index (κ1) is 11.9. The number of sulfonamides is 1. The zero-order chi connectivity index (χ0) is 10.6. The van der Waals surface area contributed by atoms with Gasteiger partial charge >= 0.3 is 0 Å². The molecule has 0 radical (unpaired) electrons. The summed E-state index contributed by atoms with van der Waals surface area (Å²) in [5.74, 6) is 0.149. The lowest BCUT2D eigenvalue weighted by atomic mass is 9.93. The van der Waals surface area contributed by atoms with Gasteiger partial charge in [0.15, 0.2) is 0 Å². The maximum absolute atomic E-state index is 11.4. The Balaban J connectivity index is 2.49. The third kappa shape index (κ3) is 3.55. The Morgan fingerprint density at radius 3 is 2.57 bits per heavy atom. The predicted octanol–water partition coefficient (Wildman–Crippen LogP) is 0.619. The van der Waals surface area contributed by atoms with E-state index < -0.39 is 16.1 Å². The van der Waals surface area contributed by atoms with E-state index in [4.69, 9.17) is 0 Å². The molecule has 2 unspecified atom stereocenters. The van der Waals surface area contributed by atoms with Gasteiger partial charge in [-0.2, -0.15) is 0 Å². The van der Waals surface area contributed by atoms with Crippen molar-refractivity contribution < 1.29 is 13.5 Å². The summed E-state index contributed by atoms with van der Waals surface area (Å²) in [6.45, 7) is 1.83. The number of rotatable bonds is 4. The van der Waals surface area contributed by atoms with Crippen LogP contribution >= 0.6 is 0 Å². The van der Waals surface area contributed by atoms with Crippen LogP contribution in [0.3, 0.4) is 0 Å². The summed E-state index contributed by atoms with van der Waals surface area (Å²) in [6, 6.07) is -0.264. The summed E-state index contributed by atoms with van der Waals surface area (Å²) >= 11 is 0. The molecule has 0 bridgehead atoms. The van der Waals surface area contributed by atoms with Crippen LogP contribution in [0.15, 0.2) is 0 Å². The normalized spacial score (nSPS) is 29.0. The average molecular weight is 221 g/mol. The van der Waals surface area contributed by atoms with Gasteiger partial charge in [-0.15, -0.1) is 0 Å². The fourth-order valence-corrected chi connectivity index (χ4v) is 3.20. The molecular formula is C9H19NO3S. The Bertz CT molecular complexity index is 263. The quantitative estimate of drug-likeness (QED) is 0.731. The largest absolute Gasteiger partial charge is 0.391 e. The Kier molecular flexibility index (Phi) is 4.34. The smallest absolute Gasteiger partial charge is 0.211 e. The van der Waals surface area contributed by atoms with Gasteiger partial charge in [0.25, 0.3) is 0 Å². The Labute approximate surface area is 85.8 Å². The van der Waals surface area contributed by atoms with Crippen LogP contribution in [0, 0.1) is 0 Å². The molecule has 0 aliphatic heterocycles. The summed E-state index contributed by atoms with van der Waals surface area (Å²) in [4.78, 5) is 0. The zero-order valence-corrected chi connectivity index (χ0v) is 9.39.